The zero-order valence-electron chi connectivity index (χ0n) is 19.8. The summed E-state index contributed by atoms with van der Waals surface area (Å²) in [4.78, 5) is 19.1. The van der Waals surface area contributed by atoms with Gasteiger partial charge in [-0.15, -0.1) is 0 Å². The van der Waals surface area contributed by atoms with Crippen molar-refractivity contribution in [2.45, 2.75) is 13.8 Å². The lowest BCUT2D eigenvalue weighted by Gasteiger charge is -2.23. The maximum absolute atomic E-state index is 6.35. The minimum atomic E-state index is 0.550. The molecule has 0 aliphatic rings. The third-order valence-electron chi connectivity index (χ3n) is 4.98. The molecule has 0 spiro atoms. The number of hydrogen-bond acceptors (Lipinski definition) is 6. The molecule has 0 radical (unpaired) electrons. The summed E-state index contributed by atoms with van der Waals surface area (Å²) in [6.45, 7) is 3.91. The molecule has 6 nitrogen and oxygen atoms in total. The highest BCUT2D eigenvalue weighted by atomic mass is 35.5. The number of aryl methyl sites for hydroxylation is 2. The van der Waals surface area contributed by atoms with Crippen LogP contribution < -0.4 is 10.2 Å². The second-order valence-electron chi connectivity index (χ2n) is 7.87. The summed E-state index contributed by atoms with van der Waals surface area (Å²) in [6, 6.07) is 25.1. The summed E-state index contributed by atoms with van der Waals surface area (Å²) in [5, 5.41) is 4.36. The van der Waals surface area contributed by atoms with Crippen molar-refractivity contribution in [2.24, 2.45) is 0 Å². The molecule has 180 valence electrons. The lowest BCUT2D eigenvalue weighted by molar-refractivity contribution is 1.06. The predicted octanol–water partition coefficient (Wildman–Crippen LogP) is 8.09. The summed E-state index contributed by atoms with van der Waals surface area (Å²) in [5.41, 5.74) is 4.68. The molecule has 1 N–H and O–H groups in total. The second-order valence-corrected chi connectivity index (χ2v) is 8.69. The van der Waals surface area contributed by atoms with Gasteiger partial charge in [-0.2, -0.15) is 0 Å². The van der Waals surface area contributed by atoms with Crippen LogP contribution in [0.4, 0.5) is 29.0 Å². The third-order valence-corrected chi connectivity index (χ3v) is 5.63. The Labute approximate surface area is 220 Å². The molecule has 2 aromatic heterocycles. The van der Waals surface area contributed by atoms with Gasteiger partial charge in [0.25, 0.3) is 0 Å². The Bertz CT molecular complexity index is 1390. The number of rotatable bonds is 5. The highest BCUT2D eigenvalue weighted by molar-refractivity contribution is 6.33. The molecular weight excluding hydrogens is 491 g/mol. The Morgan fingerprint density at radius 2 is 1.14 bits per heavy atom. The Hall–Kier alpha value is -4.00. The molecule has 0 fully saturated rings. The first-order chi connectivity index (χ1) is 17.5. The number of nitrogens with one attached hydrogen (secondary N) is 1. The van der Waals surface area contributed by atoms with Gasteiger partial charge in [0.15, 0.2) is 0 Å². The number of hydrogen-bond donors (Lipinski definition) is 1. The quantitative estimate of drug-likeness (QED) is 0.255. The molecule has 0 aliphatic carbocycles. The second kappa shape index (κ2) is 12.1. The van der Waals surface area contributed by atoms with Crippen molar-refractivity contribution in [1.82, 2.24) is 19.9 Å². The van der Waals surface area contributed by atoms with Crippen LogP contribution in [0.1, 0.15) is 11.1 Å². The Morgan fingerprint density at radius 3 is 1.75 bits per heavy atom. The van der Waals surface area contributed by atoms with E-state index in [0.717, 1.165) is 28.2 Å². The van der Waals surface area contributed by atoms with Crippen molar-refractivity contribution in [3.05, 3.63) is 125 Å². The number of nitrogens with zero attached hydrogens (tertiary/aromatic N) is 5. The van der Waals surface area contributed by atoms with Crippen molar-refractivity contribution in [3.8, 4) is 0 Å². The van der Waals surface area contributed by atoms with Gasteiger partial charge >= 0.3 is 0 Å². The molecule has 0 unspecified atom stereocenters. The van der Waals surface area contributed by atoms with E-state index in [-0.39, 0.29) is 0 Å². The van der Waals surface area contributed by atoms with Crippen molar-refractivity contribution in [3.63, 3.8) is 0 Å². The van der Waals surface area contributed by atoms with Gasteiger partial charge < -0.3 is 5.32 Å². The molecule has 8 heteroatoms. The fourth-order valence-corrected chi connectivity index (χ4v) is 3.62. The Kier molecular flexibility index (Phi) is 8.44. The standard InChI is InChI=1S/C17H14ClN3.C11H10ClN3/c1-13-11-19-17(20-12-13)21(14-7-3-2-4-8-14)16-10-6-5-9-15(16)18;1-8-6-13-11(14-7-8)15-10-5-3-2-4-9(10)12/h2-12H,1H3;2-7H,1H3,(H,13,14,15). The van der Waals surface area contributed by atoms with Gasteiger partial charge in [-0.05, 0) is 61.4 Å². The molecular formula is C28H24Cl2N6. The van der Waals surface area contributed by atoms with E-state index in [1.807, 2.05) is 97.6 Å². The van der Waals surface area contributed by atoms with E-state index in [1.165, 1.54) is 0 Å². The number of aromatic nitrogens is 4. The Morgan fingerprint density at radius 1 is 0.611 bits per heavy atom. The molecule has 5 rings (SSSR count). The SMILES string of the molecule is Cc1cnc(N(c2ccccc2)c2ccccc2Cl)nc1.Cc1cnc(Nc2ccccc2Cl)nc1. The average Bonchev–Trinajstić information content (AvgIpc) is 2.90. The molecule has 0 saturated heterocycles. The van der Waals surface area contributed by atoms with E-state index in [0.29, 0.717) is 21.9 Å². The number of para-hydroxylation sites is 3. The number of anilines is 5. The molecule has 0 atom stereocenters. The van der Waals surface area contributed by atoms with Gasteiger partial charge in [0.2, 0.25) is 11.9 Å². The third kappa shape index (κ3) is 6.56. The van der Waals surface area contributed by atoms with Crippen molar-refractivity contribution in [1.29, 1.82) is 0 Å². The fourth-order valence-electron chi connectivity index (χ4n) is 3.21. The molecule has 0 aliphatic heterocycles. The van der Waals surface area contributed by atoms with Crippen LogP contribution >= 0.6 is 23.2 Å². The van der Waals surface area contributed by atoms with Gasteiger partial charge in [-0.1, -0.05) is 65.7 Å². The van der Waals surface area contributed by atoms with Crippen LogP contribution in [0.2, 0.25) is 10.0 Å². The number of halogens is 2. The largest absolute Gasteiger partial charge is 0.323 e. The molecule has 2 heterocycles. The number of benzene rings is 3. The van der Waals surface area contributed by atoms with E-state index < -0.39 is 0 Å². The molecule has 0 amide bonds. The smallest absolute Gasteiger partial charge is 0.234 e. The van der Waals surface area contributed by atoms with E-state index >= 15 is 0 Å². The maximum Gasteiger partial charge on any atom is 0.234 e. The zero-order chi connectivity index (χ0) is 25.3. The van der Waals surface area contributed by atoms with Crippen LogP contribution in [-0.4, -0.2) is 19.9 Å². The molecule has 0 saturated carbocycles. The van der Waals surface area contributed by atoms with Crippen molar-refractivity contribution in [2.75, 3.05) is 10.2 Å². The van der Waals surface area contributed by atoms with Gasteiger partial charge in [-0.3, -0.25) is 4.90 Å². The summed E-state index contributed by atoms with van der Waals surface area (Å²) >= 11 is 12.3. The summed E-state index contributed by atoms with van der Waals surface area (Å²) in [7, 11) is 0. The summed E-state index contributed by atoms with van der Waals surface area (Å²) in [6.07, 6.45) is 7.11. The van der Waals surface area contributed by atoms with Crippen LogP contribution in [0.3, 0.4) is 0 Å². The Balaban J connectivity index is 0.000000179. The average molecular weight is 515 g/mol. The normalized spacial score (nSPS) is 10.2. The minimum absolute atomic E-state index is 0.550. The van der Waals surface area contributed by atoms with Gasteiger partial charge in [0.1, 0.15) is 0 Å². The predicted molar refractivity (Wildman–Crippen MR) is 148 cm³/mol. The minimum Gasteiger partial charge on any atom is -0.323 e. The molecule has 0 bridgehead atoms. The molecule has 5 aromatic rings. The van der Waals surface area contributed by atoms with Gasteiger partial charge in [0, 0.05) is 30.5 Å². The van der Waals surface area contributed by atoms with Crippen LogP contribution in [0, 0.1) is 13.8 Å². The summed E-state index contributed by atoms with van der Waals surface area (Å²) < 4.78 is 0. The first-order valence-electron chi connectivity index (χ1n) is 11.2. The van der Waals surface area contributed by atoms with Crippen molar-refractivity contribution < 1.29 is 0 Å². The van der Waals surface area contributed by atoms with E-state index in [1.54, 1.807) is 24.8 Å². The van der Waals surface area contributed by atoms with Crippen LogP contribution in [0.15, 0.2) is 104 Å². The van der Waals surface area contributed by atoms with Crippen molar-refractivity contribution >= 4 is 52.2 Å². The maximum atomic E-state index is 6.35. The molecule has 36 heavy (non-hydrogen) atoms. The fraction of sp³-hybridized carbons (Fsp3) is 0.0714. The highest BCUT2D eigenvalue weighted by Gasteiger charge is 2.16. The zero-order valence-corrected chi connectivity index (χ0v) is 21.3. The van der Waals surface area contributed by atoms with E-state index in [4.69, 9.17) is 23.2 Å². The van der Waals surface area contributed by atoms with Gasteiger partial charge in [-0.25, -0.2) is 19.9 Å². The molecule has 3 aromatic carbocycles. The van der Waals surface area contributed by atoms with Crippen LogP contribution in [0.25, 0.3) is 0 Å². The van der Waals surface area contributed by atoms with E-state index in [9.17, 15) is 0 Å². The first-order valence-corrected chi connectivity index (χ1v) is 12.0. The van der Waals surface area contributed by atoms with Gasteiger partial charge in [0.05, 0.1) is 21.4 Å². The lowest BCUT2D eigenvalue weighted by atomic mass is 10.2. The van der Waals surface area contributed by atoms with Crippen LogP contribution in [-0.2, 0) is 0 Å². The van der Waals surface area contributed by atoms with Crippen LogP contribution in [0.5, 0.6) is 0 Å². The first kappa shape index (κ1) is 25.1. The highest BCUT2D eigenvalue weighted by Crippen LogP contribution is 2.36. The lowest BCUT2D eigenvalue weighted by Crippen LogP contribution is -2.13. The summed E-state index contributed by atoms with van der Waals surface area (Å²) in [5.74, 6) is 1.15. The monoisotopic (exact) mass is 514 g/mol. The van der Waals surface area contributed by atoms with E-state index in [2.05, 4.69) is 25.3 Å². The topological polar surface area (TPSA) is 66.8 Å².